The van der Waals surface area contributed by atoms with Crippen LogP contribution in [0, 0.1) is 0 Å². The number of unbranched alkanes of at least 4 members (excludes halogenated alkanes) is 28. The molecule has 0 radical (unpaired) electrons. The molecule has 0 aromatic rings. The summed E-state index contributed by atoms with van der Waals surface area (Å²) in [7, 11) is 1.27. The largest absolute Gasteiger partial charge is 0.756 e. The van der Waals surface area contributed by atoms with Gasteiger partial charge in [-0.15, -0.1) is 0 Å². The lowest BCUT2D eigenvalue weighted by Crippen LogP contribution is -2.45. The van der Waals surface area contributed by atoms with Gasteiger partial charge < -0.3 is 28.8 Å². The molecule has 0 saturated heterocycles. The van der Waals surface area contributed by atoms with Crippen LogP contribution in [0.2, 0.25) is 0 Å². The molecule has 3 unspecified atom stereocenters. The summed E-state index contributed by atoms with van der Waals surface area (Å²) < 4.78 is 23.2. The van der Waals surface area contributed by atoms with E-state index in [1.807, 2.05) is 27.2 Å². The zero-order valence-corrected chi connectivity index (χ0v) is 36.6. The van der Waals surface area contributed by atoms with Crippen LogP contribution in [0.3, 0.4) is 0 Å². The predicted molar refractivity (Wildman–Crippen MR) is 224 cm³/mol. The van der Waals surface area contributed by atoms with Crippen LogP contribution in [0.5, 0.6) is 0 Å². The number of hydrogen-bond acceptors (Lipinski definition) is 6. The van der Waals surface area contributed by atoms with E-state index < -0.39 is 20.0 Å². The summed E-state index contributed by atoms with van der Waals surface area (Å²) >= 11 is 0. The molecule has 0 aromatic carbocycles. The van der Waals surface area contributed by atoms with Gasteiger partial charge in [-0.05, 0) is 19.3 Å². The summed E-state index contributed by atoms with van der Waals surface area (Å²) in [4.78, 5) is 25.2. The summed E-state index contributed by atoms with van der Waals surface area (Å²) in [5.41, 5.74) is 0. The van der Waals surface area contributed by atoms with Crippen molar-refractivity contribution in [2.45, 2.75) is 225 Å². The van der Waals surface area contributed by atoms with Crippen LogP contribution < -0.4 is 10.2 Å². The number of amides is 1. The van der Waals surface area contributed by atoms with Crippen molar-refractivity contribution in [3.8, 4) is 0 Å². The van der Waals surface area contributed by atoms with Crippen LogP contribution >= 0.6 is 7.82 Å². The van der Waals surface area contributed by atoms with E-state index in [9.17, 15) is 19.4 Å². The SMILES string of the molecule is CCCCCCCCCCCCCCCCCCC/C=C/C(O)C(COP(=O)([O-])OCC[N+](C)(C)C)NC(=O)CCCCCCCCCCCCCC. The zero-order valence-electron chi connectivity index (χ0n) is 35.7. The third kappa shape index (κ3) is 39.3. The topological polar surface area (TPSA) is 108 Å². The molecule has 2 N–H and O–H groups in total. The minimum Gasteiger partial charge on any atom is -0.756 e. The van der Waals surface area contributed by atoms with E-state index in [0.29, 0.717) is 17.4 Å². The molecule has 0 fully saturated rings. The molecule has 316 valence electrons. The molecular weight excluding hydrogens is 683 g/mol. The van der Waals surface area contributed by atoms with Crippen LogP contribution in [0.25, 0.3) is 0 Å². The lowest BCUT2D eigenvalue weighted by molar-refractivity contribution is -0.870. The van der Waals surface area contributed by atoms with Gasteiger partial charge in [-0.2, -0.15) is 0 Å². The Morgan fingerprint density at radius 3 is 1.42 bits per heavy atom. The molecule has 8 nitrogen and oxygen atoms in total. The molecule has 0 spiro atoms. The van der Waals surface area contributed by atoms with Gasteiger partial charge in [-0.1, -0.05) is 199 Å². The molecule has 3 atom stereocenters. The van der Waals surface area contributed by atoms with Crippen molar-refractivity contribution in [2.24, 2.45) is 0 Å². The smallest absolute Gasteiger partial charge is 0.268 e. The maximum absolute atomic E-state index is 12.8. The Kier molecular flexibility index (Phi) is 36.3. The van der Waals surface area contributed by atoms with Gasteiger partial charge in [0.15, 0.2) is 0 Å². The van der Waals surface area contributed by atoms with Crippen LogP contribution in [-0.2, 0) is 18.4 Å². The number of allylic oxidation sites excluding steroid dienone is 1. The summed E-state index contributed by atoms with van der Waals surface area (Å²) in [6.07, 6.45) is 41.1. The zero-order chi connectivity index (χ0) is 39.3. The lowest BCUT2D eigenvalue weighted by Gasteiger charge is -2.29. The minimum absolute atomic E-state index is 0.00206. The fourth-order valence-electron chi connectivity index (χ4n) is 6.62. The number of carbonyl (C=O) groups excluding carboxylic acids is 1. The molecule has 0 heterocycles. The second-order valence-electron chi connectivity index (χ2n) is 16.8. The number of quaternary nitrogens is 1. The quantitative estimate of drug-likeness (QED) is 0.0277. The fourth-order valence-corrected chi connectivity index (χ4v) is 7.35. The normalized spacial score (nSPS) is 14.5. The Labute approximate surface area is 329 Å². The maximum Gasteiger partial charge on any atom is 0.268 e. The third-order valence-electron chi connectivity index (χ3n) is 10.2. The number of likely N-dealkylation sites (N-methyl/N-ethyl adjacent to an activating group) is 1. The first-order valence-electron chi connectivity index (χ1n) is 22.6. The van der Waals surface area contributed by atoms with Crippen LogP contribution in [0.15, 0.2) is 12.2 Å². The molecule has 0 aliphatic rings. The van der Waals surface area contributed by atoms with Gasteiger partial charge in [0.25, 0.3) is 7.82 Å². The van der Waals surface area contributed by atoms with E-state index in [-0.39, 0.29) is 19.1 Å². The maximum atomic E-state index is 12.8. The van der Waals surface area contributed by atoms with Crippen LogP contribution in [0.1, 0.15) is 213 Å². The Morgan fingerprint density at radius 1 is 0.642 bits per heavy atom. The Balaban J connectivity index is 4.37. The van der Waals surface area contributed by atoms with Gasteiger partial charge in [-0.3, -0.25) is 9.36 Å². The Bertz CT molecular complexity index is 880. The predicted octanol–water partition coefficient (Wildman–Crippen LogP) is 11.7. The Hall–Kier alpha value is -0.760. The summed E-state index contributed by atoms with van der Waals surface area (Å²) in [5, 5.41) is 13.8. The number of aliphatic hydroxyl groups is 1. The Morgan fingerprint density at radius 2 is 1.02 bits per heavy atom. The van der Waals surface area contributed by atoms with Gasteiger partial charge in [0.1, 0.15) is 13.2 Å². The van der Waals surface area contributed by atoms with Gasteiger partial charge in [0, 0.05) is 6.42 Å². The van der Waals surface area contributed by atoms with Crippen molar-refractivity contribution >= 4 is 13.7 Å². The number of nitrogens with one attached hydrogen (secondary N) is 1. The monoisotopic (exact) mass is 773 g/mol. The highest BCUT2D eigenvalue weighted by Gasteiger charge is 2.23. The summed E-state index contributed by atoms with van der Waals surface area (Å²) in [5.74, 6) is -0.196. The molecular formula is C44H89N2O6P. The van der Waals surface area contributed by atoms with E-state index >= 15 is 0 Å². The van der Waals surface area contributed by atoms with E-state index in [1.54, 1.807) is 6.08 Å². The molecule has 0 aromatic heterocycles. The summed E-state index contributed by atoms with van der Waals surface area (Å²) in [6, 6.07) is -0.879. The van der Waals surface area contributed by atoms with Crippen molar-refractivity contribution in [1.29, 1.82) is 0 Å². The minimum atomic E-state index is -4.58. The average molecular weight is 773 g/mol. The van der Waals surface area contributed by atoms with Gasteiger partial charge in [-0.25, -0.2) is 0 Å². The standard InChI is InChI=1S/C44H89N2O6P/c1-6-8-10-12-14-16-18-20-21-22-23-24-25-26-27-29-31-33-35-37-43(47)42(41-52-53(49,50)51-40-39-46(3,4)5)45-44(48)38-36-34-32-30-28-19-17-15-13-11-9-7-2/h35,37,42-43,47H,6-34,36,38-41H2,1-5H3,(H-,45,48,49,50)/b37-35+. The van der Waals surface area contributed by atoms with E-state index in [4.69, 9.17) is 9.05 Å². The first kappa shape index (κ1) is 52.2. The fraction of sp³-hybridized carbons (Fsp3) is 0.932. The number of phosphoric ester groups is 1. The summed E-state index contributed by atoms with van der Waals surface area (Å²) in [6.45, 7) is 4.65. The van der Waals surface area contributed by atoms with Crippen molar-refractivity contribution in [2.75, 3.05) is 40.9 Å². The highest BCUT2D eigenvalue weighted by molar-refractivity contribution is 7.45. The molecule has 0 bridgehead atoms. The molecule has 0 rings (SSSR count). The number of carbonyl (C=O) groups is 1. The van der Waals surface area contributed by atoms with E-state index in [0.717, 1.165) is 38.5 Å². The van der Waals surface area contributed by atoms with E-state index in [1.165, 1.54) is 154 Å². The molecule has 1 amide bonds. The van der Waals surface area contributed by atoms with Crippen molar-refractivity contribution in [3.05, 3.63) is 12.2 Å². The van der Waals surface area contributed by atoms with Gasteiger partial charge in [0.2, 0.25) is 5.91 Å². The van der Waals surface area contributed by atoms with Gasteiger partial charge >= 0.3 is 0 Å². The number of hydrogen-bond donors (Lipinski definition) is 2. The average Bonchev–Trinajstić information content (AvgIpc) is 3.10. The van der Waals surface area contributed by atoms with Crippen LogP contribution in [-0.4, -0.2) is 68.5 Å². The van der Waals surface area contributed by atoms with Crippen molar-refractivity contribution in [1.82, 2.24) is 5.32 Å². The van der Waals surface area contributed by atoms with Gasteiger partial charge in [0.05, 0.1) is 39.9 Å². The van der Waals surface area contributed by atoms with Crippen LogP contribution in [0.4, 0.5) is 0 Å². The lowest BCUT2D eigenvalue weighted by atomic mass is 10.0. The molecule has 9 heteroatoms. The molecule has 0 saturated carbocycles. The van der Waals surface area contributed by atoms with Crippen molar-refractivity contribution in [3.63, 3.8) is 0 Å². The first-order valence-corrected chi connectivity index (χ1v) is 24.0. The van der Waals surface area contributed by atoms with Crippen molar-refractivity contribution < 1.29 is 32.9 Å². The number of phosphoric acid groups is 1. The van der Waals surface area contributed by atoms with E-state index in [2.05, 4.69) is 19.2 Å². The molecule has 0 aliphatic carbocycles. The first-order chi connectivity index (χ1) is 25.5. The second-order valence-corrected chi connectivity index (χ2v) is 18.2. The molecule has 0 aliphatic heterocycles. The number of nitrogens with zero attached hydrogens (tertiary/aromatic N) is 1. The highest BCUT2D eigenvalue weighted by atomic mass is 31.2. The highest BCUT2D eigenvalue weighted by Crippen LogP contribution is 2.38. The second kappa shape index (κ2) is 36.9. The third-order valence-corrected chi connectivity index (χ3v) is 11.2. The molecule has 53 heavy (non-hydrogen) atoms. The number of rotatable bonds is 41. The number of aliphatic hydroxyl groups excluding tert-OH is 1.